The predicted octanol–water partition coefficient (Wildman–Crippen LogP) is 12.1. The molecule has 0 aliphatic heterocycles. The molecule has 0 fully saturated rings. The van der Waals surface area contributed by atoms with Gasteiger partial charge in [-0.2, -0.15) is 9.97 Å². The molecule has 5 heteroatoms. The Morgan fingerprint density at radius 3 is 1.74 bits per heavy atom. The van der Waals surface area contributed by atoms with Gasteiger partial charge in [0.1, 0.15) is 0 Å². The number of hydrogen-bond acceptors (Lipinski definition) is 4. The second-order valence-electron chi connectivity index (χ2n) is 12.8. The summed E-state index contributed by atoms with van der Waals surface area (Å²) in [4.78, 5) is 15.9. The van der Waals surface area contributed by atoms with Crippen LogP contribution in [0.5, 0.6) is 0 Å². The van der Waals surface area contributed by atoms with Crippen LogP contribution in [0.25, 0.3) is 103 Å². The van der Waals surface area contributed by atoms with Gasteiger partial charge in [0, 0.05) is 47.5 Å². The molecule has 0 aliphatic carbocycles. The summed E-state index contributed by atoms with van der Waals surface area (Å²) in [5, 5.41) is 12.2. The SMILES string of the molecule is c1ccc(-c2nc(-c3cc4ccc5ccccc5c4c4sc5c6ccccc6ccc5c34)nc(-n3c4ccccc4c4ccccc43)n2)cc1. The van der Waals surface area contributed by atoms with Crippen molar-refractivity contribution in [2.45, 2.75) is 0 Å². The molecule has 0 amide bonds. The lowest BCUT2D eigenvalue weighted by Crippen LogP contribution is -2.06. The Labute approximate surface area is 290 Å². The van der Waals surface area contributed by atoms with Gasteiger partial charge in [0.15, 0.2) is 11.6 Å². The van der Waals surface area contributed by atoms with Crippen LogP contribution in [0.2, 0.25) is 0 Å². The monoisotopic (exact) mass is 654 g/mol. The van der Waals surface area contributed by atoms with Crippen LogP contribution in [-0.2, 0) is 0 Å². The molecule has 3 aromatic heterocycles. The maximum atomic E-state index is 5.39. The molecular weight excluding hydrogens is 629 g/mol. The van der Waals surface area contributed by atoms with Crippen molar-refractivity contribution in [3.63, 3.8) is 0 Å². The number of para-hydroxylation sites is 2. The van der Waals surface area contributed by atoms with Gasteiger partial charge in [-0.1, -0.05) is 140 Å². The first-order chi connectivity index (χ1) is 24.8. The van der Waals surface area contributed by atoms with Gasteiger partial charge >= 0.3 is 0 Å². The molecule has 0 radical (unpaired) electrons. The summed E-state index contributed by atoms with van der Waals surface area (Å²) in [5.41, 5.74) is 4.08. The Morgan fingerprint density at radius 1 is 0.400 bits per heavy atom. The highest BCUT2D eigenvalue weighted by Crippen LogP contribution is 2.47. The molecule has 0 saturated carbocycles. The highest BCUT2D eigenvalue weighted by atomic mass is 32.1. The smallest absolute Gasteiger partial charge is 0.238 e. The van der Waals surface area contributed by atoms with E-state index in [0.717, 1.165) is 22.2 Å². The van der Waals surface area contributed by atoms with Crippen molar-refractivity contribution in [1.82, 2.24) is 19.5 Å². The standard InChI is InChI=1S/C45H26N4S/c1-2-14-29(15-3-1)43-46-44(48-45(47-43)49-37-20-10-8-18-33(37)34-19-9-11-21-38(34)49)36-26-30-23-22-27-12-4-6-16-31(27)39(30)42-40(36)35-25-24-28-13-5-7-17-32(28)41(35)50-42/h1-26H. The van der Waals surface area contributed by atoms with Gasteiger partial charge in [-0.3, -0.25) is 4.57 Å². The van der Waals surface area contributed by atoms with Gasteiger partial charge < -0.3 is 0 Å². The normalized spacial score (nSPS) is 12.0. The fourth-order valence-electron chi connectivity index (χ4n) is 7.77. The predicted molar refractivity (Wildman–Crippen MR) is 210 cm³/mol. The number of hydrogen-bond donors (Lipinski definition) is 0. The van der Waals surface area contributed by atoms with E-state index in [2.05, 4.69) is 144 Å². The van der Waals surface area contributed by atoms with E-state index in [1.807, 2.05) is 29.5 Å². The average Bonchev–Trinajstić information content (AvgIpc) is 3.74. The van der Waals surface area contributed by atoms with Gasteiger partial charge in [-0.25, -0.2) is 4.98 Å². The lowest BCUT2D eigenvalue weighted by atomic mass is 9.95. The van der Waals surface area contributed by atoms with E-state index in [1.54, 1.807) is 0 Å². The Morgan fingerprint density at radius 2 is 0.980 bits per heavy atom. The summed E-state index contributed by atoms with van der Waals surface area (Å²) < 4.78 is 4.72. The molecule has 11 rings (SSSR count). The molecule has 3 heterocycles. The Bertz CT molecular complexity index is 3100. The summed E-state index contributed by atoms with van der Waals surface area (Å²) in [6.45, 7) is 0. The highest BCUT2D eigenvalue weighted by Gasteiger charge is 2.22. The average molecular weight is 655 g/mol. The topological polar surface area (TPSA) is 43.6 Å². The third-order valence-corrected chi connectivity index (χ3v) is 11.3. The molecule has 0 saturated heterocycles. The van der Waals surface area contributed by atoms with Crippen molar-refractivity contribution in [2.75, 3.05) is 0 Å². The van der Waals surface area contributed by atoms with Crippen molar-refractivity contribution in [2.24, 2.45) is 0 Å². The fourth-order valence-corrected chi connectivity index (χ4v) is 9.21. The fraction of sp³-hybridized carbons (Fsp3) is 0. The van der Waals surface area contributed by atoms with E-state index >= 15 is 0 Å². The van der Waals surface area contributed by atoms with Gasteiger partial charge in [0.25, 0.3) is 0 Å². The molecule has 4 nitrogen and oxygen atoms in total. The molecule has 50 heavy (non-hydrogen) atoms. The lowest BCUT2D eigenvalue weighted by molar-refractivity contribution is 0.954. The van der Waals surface area contributed by atoms with Crippen molar-refractivity contribution in [3.05, 3.63) is 158 Å². The van der Waals surface area contributed by atoms with Crippen LogP contribution in [0, 0.1) is 0 Å². The second kappa shape index (κ2) is 10.5. The third kappa shape index (κ3) is 3.95. The van der Waals surface area contributed by atoms with Crippen LogP contribution in [0.1, 0.15) is 0 Å². The first-order valence-electron chi connectivity index (χ1n) is 16.8. The minimum Gasteiger partial charge on any atom is -0.278 e. The molecule has 8 aromatic carbocycles. The summed E-state index contributed by atoms with van der Waals surface area (Å²) in [6, 6.07) is 55.9. The molecule has 232 valence electrons. The van der Waals surface area contributed by atoms with E-state index in [0.29, 0.717) is 17.6 Å². The maximum absolute atomic E-state index is 5.39. The summed E-state index contributed by atoms with van der Waals surface area (Å²) in [5.74, 6) is 1.90. The van der Waals surface area contributed by atoms with E-state index in [9.17, 15) is 0 Å². The van der Waals surface area contributed by atoms with Crippen molar-refractivity contribution >= 4 is 85.6 Å². The summed E-state index contributed by atoms with van der Waals surface area (Å²) >= 11 is 1.87. The third-order valence-electron chi connectivity index (χ3n) is 10.0. The van der Waals surface area contributed by atoms with Crippen LogP contribution in [-0.4, -0.2) is 19.5 Å². The molecular formula is C45H26N4S. The molecule has 0 atom stereocenters. The first-order valence-corrected chi connectivity index (χ1v) is 17.6. The van der Waals surface area contributed by atoms with Crippen LogP contribution < -0.4 is 0 Å². The Balaban J connectivity index is 1.31. The molecule has 0 N–H and O–H groups in total. The zero-order valence-electron chi connectivity index (χ0n) is 26.7. The van der Waals surface area contributed by atoms with E-state index in [4.69, 9.17) is 15.0 Å². The number of thiophene rings is 1. The number of fused-ring (bicyclic) bond motifs is 12. The van der Waals surface area contributed by atoms with Crippen molar-refractivity contribution < 1.29 is 0 Å². The van der Waals surface area contributed by atoms with Gasteiger partial charge in [0.2, 0.25) is 5.95 Å². The van der Waals surface area contributed by atoms with Crippen LogP contribution in [0.15, 0.2) is 158 Å². The maximum Gasteiger partial charge on any atom is 0.238 e. The summed E-state index contributed by atoms with van der Waals surface area (Å²) in [6.07, 6.45) is 0. The molecule has 11 aromatic rings. The van der Waals surface area contributed by atoms with Gasteiger partial charge in [-0.15, -0.1) is 11.3 Å². The molecule has 0 spiro atoms. The van der Waals surface area contributed by atoms with Crippen molar-refractivity contribution in [1.29, 1.82) is 0 Å². The number of aromatic nitrogens is 4. The van der Waals surface area contributed by atoms with E-state index < -0.39 is 0 Å². The van der Waals surface area contributed by atoms with E-state index in [-0.39, 0.29) is 0 Å². The van der Waals surface area contributed by atoms with Gasteiger partial charge in [0.05, 0.1) is 11.0 Å². The second-order valence-corrected chi connectivity index (χ2v) is 13.8. The Hall–Kier alpha value is -6.43. The molecule has 0 aliphatic rings. The number of rotatable bonds is 3. The zero-order valence-corrected chi connectivity index (χ0v) is 27.5. The van der Waals surface area contributed by atoms with E-state index in [1.165, 1.54) is 63.3 Å². The van der Waals surface area contributed by atoms with Gasteiger partial charge in [-0.05, 0) is 45.1 Å². The number of benzene rings is 8. The minimum atomic E-state index is 0.600. The van der Waals surface area contributed by atoms with Crippen molar-refractivity contribution in [3.8, 4) is 28.7 Å². The van der Waals surface area contributed by atoms with Crippen LogP contribution in [0.4, 0.5) is 0 Å². The quantitative estimate of drug-likeness (QED) is 0.178. The van der Waals surface area contributed by atoms with Crippen LogP contribution >= 0.6 is 11.3 Å². The lowest BCUT2D eigenvalue weighted by Gasteiger charge is -2.13. The molecule has 0 unspecified atom stereocenters. The van der Waals surface area contributed by atoms with Crippen LogP contribution in [0.3, 0.4) is 0 Å². The molecule has 0 bridgehead atoms. The zero-order chi connectivity index (χ0) is 32.8. The highest BCUT2D eigenvalue weighted by molar-refractivity contribution is 7.27. The Kier molecular flexibility index (Phi) is 5.80. The minimum absolute atomic E-state index is 0.600. The largest absolute Gasteiger partial charge is 0.278 e. The summed E-state index contributed by atoms with van der Waals surface area (Å²) in [7, 11) is 0. The number of nitrogens with zero attached hydrogens (tertiary/aromatic N) is 4. The first kappa shape index (κ1) is 27.5.